The Kier molecular flexibility index (Phi) is 10.1. The number of hydrogen-bond acceptors (Lipinski definition) is 6. The molecule has 0 aliphatic carbocycles. The van der Waals surface area contributed by atoms with Crippen molar-refractivity contribution in [3.05, 3.63) is 68.0 Å². The first-order valence-electron chi connectivity index (χ1n) is 11.6. The van der Waals surface area contributed by atoms with Gasteiger partial charge in [0.05, 0.1) is 29.0 Å². The lowest BCUT2D eigenvalue weighted by molar-refractivity contribution is -0.132. The third-order valence-electron chi connectivity index (χ3n) is 5.59. The highest BCUT2D eigenvalue weighted by Gasteiger charge is 2.19. The Balaban J connectivity index is 1.82. The number of carbonyl (C=O) groups is 2. The monoisotopic (exact) mass is 562 g/mol. The fourth-order valence-corrected chi connectivity index (χ4v) is 4.86. The molecule has 2 N–H and O–H groups in total. The number of nitrogens with zero attached hydrogens (tertiary/aromatic N) is 1. The second kappa shape index (κ2) is 13.1. The van der Waals surface area contributed by atoms with Crippen molar-refractivity contribution in [2.45, 2.75) is 39.7 Å². The third kappa shape index (κ3) is 7.11. The van der Waals surface area contributed by atoms with Crippen LogP contribution in [0.1, 0.15) is 61.2 Å². The molecule has 0 aliphatic heterocycles. The molecule has 37 heavy (non-hydrogen) atoms. The number of carboxylic acids is 1. The molecule has 2 aromatic carbocycles. The number of rotatable bonds is 11. The number of para-hydroxylation sites is 1. The van der Waals surface area contributed by atoms with Gasteiger partial charge in [0.25, 0.3) is 5.91 Å². The van der Waals surface area contributed by atoms with E-state index in [-0.39, 0.29) is 27.3 Å². The molecule has 1 unspecified atom stereocenters. The first-order chi connectivity index (χ1) is 17.7. The molecule has 0 saturated carbocycles. The van der Waals surface area contributed by atoms with Crippen LogP contribution < -0.4 is 10.1 Å². The van der Waals surface area contributed by atoms with E-state index in [2.05, 4.69) is 17.2 Å². The number of thiazole rings is 1. The number of aromatic nitrogens is 1. The zero-order valence-corrected chi connectivity index (χ0v) is 23.3. The zero-order valence-electron chi connectivity index (χ0n) is 20.9. The molecule has 1 amide bonds. The topological polar surface area (TPSA) is 97.8 Å². The maximum absolute atomic E-state index is 12.9. The number of carboxylic acid groups (broad SMARTS) is 1. The van der Waals surface area contributed by atoms with Crippen LogP contribution in [0.5, 0.6) is 5.75 Å². The number of methoxy groups -OCH3 is 1. The van der Waals surface area contributed by atoms with Gasteiger partial charge in [-0.25, -0.2) is 9.78 Å². The number of anilines is 1. The fourth-order valence-electron chi connectivity index (χ4n) is 3.55. The fraction of sp³-hybridized carbons (Fsp3) is 0.296. The summed E-state index contributed by atoms with van der Waals surface area (Å²) in [7, 11) is 1.61. The van der Waals surface area contributed by atoms with Gasteiger partial charge in [-0.3, -0.25) is 10.1 Å². The second-order valence-corrected chi connectivity index (χ2v) is 9.95. The van der Waals surface area contributed by atoms with Crippen LogP contribution in [0.4, 0.5) is 5.13 Å². The van der Waals surface area contributed by atoms with E-state index in [1.807, 2.05) is 30.5 Å². The van der Waals surface area contributed by atoms with Gasteiger partial charge in [-0.05, 0) is 44.5 Å². The van der Waals surface area contributed by atoms with Gasteiger partial charge in [0.15, 0.2) is 5.13 Å². The van der Waals surface area contributed by atoms with Crippen molar-refractivity contribution in [2.24, 2.45) is 0 Å². The number of benzene rings is 2. The highest BCUT2D eigenvalue weighted by Crippen LogP contribution is 2.38. The molecule has 0 fully saturated rings. The van der Waals surface area contributed by atoms with Crippen molar-refractivity contribution >= 4 is 57.6 Å². The Morgan fingerprint density at radius 3 is 2.57 bits per heavy atom. The summed E-state index contributed by atoms with van der Waals surface area (Å²) in [5, 5.41) is 14.4. The number of hydrogen-bond donors (Lipinski definition) is 2. The predicted octanol–water partition coefficient (Wildman–Crippen LogP) is 7.74. The molecular formula is C27H28Cl2N2O5S. The van der Waals surface area contributed by atoms with E-state index < -0.39 is 11.9 Å². The minimum atomic E-state index is -1.09. The minimum absolute atomic E-state index is 0.0673. The maximum atomic E-state index is 12.9. The molecule has 0 saturated heterocycles. The Morgan fingerprint density at radius 1 is 1.24 bits per heavy atom. The van der Waals surface area contributed by atoms with E-state index >= 15 is 0 Å². The van der Waals surface area contributed by atoms with Crippen molar-refractivity contribution in [3.63, 3.8) is 0 Å². The number of nitrogens with one attached hydrogen (secondary N) is 1. The van der Waals surface area contributed by atoms with Crippen LogP contribution in [-0.2, 0) is 9.53 Å². The summed E-state index contributed by atoms with van der Waals surface area (Å²) < 4.78 is 11.7. The van der Waals surface area contributed by atoms with Crippen LogP contribution in [-0.4, -0.2) is 35.7 Å². The van der Waals surface area contributed by atoms with Crippen LogP contribution in [0.3, 0.4) is 0 Å². The van der Waals surface area contributed by atoms with Crippen LogP contribution in [0.15, 0.2) is 41.3 Å². The Morgan fingerprint density at radius 2 is 1.95 bits per heavy atom. The summed E-state index contributed by atoms with van der Waals surface area (Å²) in [4.78, 5) is 28.6. The summed E-state index contributed by atoms with van der Waals surface area (Å²) >= 11 is 13.8. The molecule has 0 radical (unpaired) electrons. The van der Waals surface area contributed by atoms with Crippen molar-refractivity contribution in [2.75, 3.05) is 19.0 Å². The maximum Gasteiger partial charge on any atom is 0.331 e. The molecule has 0 aliphatic rings. The molecule has 0 spiro atoms. The Bertz CT molecular complexity index is 1300. The van der Waals surface area contributed by atoms with E-state index in [1.165, 1.54) is 36.5 Å². The van der Waals surface area contributed by atoms with Gasteiger partial charge in [0.2, 0.25) is 0 Å². The Hall–Kier alpha value is -2.91. The van der Waals surface area contributed by atoms with E-state index in [0.29, 0.717) is 28.7 Å². The summed E-state index contributed by atoms with van der Waals surface area (Å²) in [5.41, 5.74) is 2.98. The number of ether oxygens (including phenoxy) is 2. The molecule has 10 heteroatoms. The summed E-state index contributed by atoms with van der Waals surface area (Å²) in [6.07, 6.45) is 3.25. The highest BCUT2D eigenvalue weighted by atomic mass is 35.5. The van der Waals surface area contributed by atoms with E-state index in [4.69, 9.17) is 37.8 Å². The van der Waals surface area contributed by atoms with Gasteiger partial charge < -0.3 is 14.6 Å². The number of unbranched alkanes of at least 4 members (excludes halogenated alkanes) is 1. The van der Waals surface area contributed by atoms with Crippen molar-refractivity contribution in [1.29, 1.82) is 0 Å². The summed E-state index contributed by atoms with van der Waals surface area (Å²) in [5.74, 6) is -0.864. The van der Waals surface area contributed by atoms with Gasteiger partial charge in [0.1, 0.15) is 5.75 Å². The normalized spacial score (nSPS) is 12.3. The van der Waals surface area contributed by atoms with E-state index in [0.717, 1.165) is 24.0 Å². The lowest BCUT2D eigenvalue weighted by Crippen LogP contribution is -2.12. The lowest BCUT2D eigenvalue weighted by Gasteiger charge is -2.18. The number of carbonyl (C=O) groups excluding carboxylic acids is 1. The summed E-state index contributed by atoms with van der Waals surface area (Å²) in [6, 6.07) is 8.68. The number of halogens is 2. The molecule has 196 valence electrons. The van der Waals surface area contributed by atoms with Crippen LogP contribution >= 0.6 is 34.5 Å². The van der Waals surface area contributed by atoms with Crippen LogP contribution in [0, 0.1) is 0 Å². The first-order valence-corrected chi connectivity index (χ1v) is 13.3. The van der Waals surface area contributed by atoms with Crippen LogP contribution in [0.2, 0.25) is 10.0 Å². The van der Waals surface area contributed by atoms with E-state index in [1.54, 1.807) is 7.11 Å². The standard InChI is InChI=1S/C27H28Cl2N2O5S/c1-5-6-10-36-16(3)18-8-7-9-19(24(18)35-4)23-14-37-27(30-23)31-25(32)17-12-21(28)20(22(29)13-17)11-15(2)26(33)34/h7-9,11-14,16H,5-6,10H2,1-4H3,(H,33,34)(H,30,31,32). The first kappa shape index (κ1) is 28.7. The van der Waals surface area contributed by atoms with Crippen molar-refractivity contribution in [1.82, 2.24) is 4.98 Å². The average Bonchev–Trinajstić information content (AvgIpc) is 3.33. The molecule has 1 aromatic heterocycles. The van der Waals surface area contributed by atoms with Gasteiger partial charge in [-0.2, -0.15) is 0 Å². The van der Waals surface area contributed by atoms with Gasteiger partial charge in [-0.1, -0.05) is 48.7 Å². The van der Waals surface area contributed by atoms with E-state index in [9.17, 15) is 9.59 Å². The van der Waals surface area contributed by atoms with Crippen LogP contribution in [0.25, 0.3) is 17.3 Å². The Labute approximate surface area is 230 Å². The van der Waals surface area contributed by atoms with Gasteiger partial charge in [-0.15, -0.1) is 11.3 Å². The number of amides is 1. The molecule has 0 bridgehead atoms. The third-order valence-corrected chi connectivity index (χ3v) is 6.98. The molecule has 3 aromatic rings. The minimum Gasteiger partial charge on any atom is -0.496 e. The van der Waals surface area contributed by atoms with Crippen molar-refractivity contribution in [3.8, 4) is 17.0 Å². The molecular weight excluding hydrogens is 535 g/mol. The molecule has 1 heterocycles. The predicted molar refractivity (Wildman–Crippen MR) is 149 cm³/mol. The SMILES string of the molecule is CCCCOC(C)c1cccc(-c2csc(NC(=O)c3cc(Cl)c(C=C(C)C(=O)O)c(Cl)c3)n2)c1OC. The van der Waals surface area contributed by atoms with Crippen molar-refractivity contribution < 1.29 is 24.2 Å². The summed E-state index contributed by atoms with van der Waals surface area (Å²) in [6.45, 7) is 6.21. The quantitative estimate of drug-likeness (QED) is 0.183. The highest BCUT2D eigenvalue weighted by molar-refractivity contribution is 7.14. The smallest absolute Gasteiger partial charge is 0.331 e. The largest absolute Gasteiger partial charge is 0.496 e. The van der Waals surface area contributed by atoms with Gasteiger partial charge in [0, 0.05) is 39.8 Å². The second-order valence-electron chi connectivity index (χ2n) is 8.27. The molecule has 7 nitrogen and oxygen atoms in total. The molecule has 1 atom stereocenters. The van der Waals surface area contributed by atoms with Gasteiger partial charge >= 0.3 is 5.97 Å². The molecule has 3 rings (SSSR count). The average molecular weight is 564 g/mol. The number of aliphatic carboxylic acids is 1. The lowest BCUT2D eigenvalue weighted by atomic mass is 10.0. The zero-order chi connectivity index (χ0) is 27.1.